The van der Waals surface area contributed by atoms with Crippen LogP contribution in [0.2, 0.25) is 0 Å². The van der Waals surface area contributed by atoms with Crippen LogP contribution in [-0.2, 0) is 6.54 Å². The minimum Gasteiger partial charge on any atom is -0.306 e. The van der Waals surface area contributed by atoms with E-state index in [-0.39, 0.29) is 0 Å². The van der Waals surface area contributed by atoms with Gasteiger partial charge in [0.2, 0.25) is 0 Å². The van der Waals surface area contributed by atoms with E-state index in [0.717, 1.165) is 13.1 Å². The van der Waals surface area contributed by atoms with Gasteiger partial charge in [-0.05, 0) is 18.4 Å². The molecular weight excluding hydrogens is 156 g/mol. The quantitative estimate of drug-likeness (QED) is 0.507. The van der Waals surface area contributed by atoms with Gasteiger partial charge in [-0.25, -0.2) is 0 Å². The summed E-state index contributed by atoms with van der Waals surface area (Å²) >= 11 is 1.69. The summed E-state index contributed by atoms with van der Waals surface area (Å²) in [5.74, 6) is 0. The fraction of sp³-hybridized carbons (Fsp3) is 0.375. The van der Waals surface area contributed by atoms with Crippen LogP contribution in [0, 0.1) is 11.5 Å². The summed E-state index contributed by atoms with van der Waals surface area (Å²) in [5.41, 5.74) is 0. The van der Waals surface area contributed by atoms with Crippen molar-refractivity contribution in [3.8, 4) is 6.19 Å². The highest BCUT2D eigenvalue weighted by molar-refractivity contribution is 7.09. The molecule has 1 heterocycles. The lowest BCUT2D eigenvalue weighted by atomic mass is 10.4. The molecule has 0 aliphatic rings. The van der Waals surface area contributed by atoms with E-state index in [0.29, 0.717) is 0 Å². The van der Waals surface area contributed by atoms with Gasteiger partial charge in [0.15, 0.2) is 6.19 Å². The molecule has 0 unspecified atom stereocenters. The van der Waals surface area contributed by atoms with Crippen molar-refractivity contribution in [2.75, 3.05) is 6.54 Å². The molecule has 0 saturated heterocycles. The van der Waals surface area contributed by atoms with Gasteiger partial charge >= 0.3 is 0 Å². The summed E-state index contributed by atoms with van der Waals surface area (Å²) in [4.78, 5) is 2.97. The van der Waals surface area contributed by atoms with Gasteiger partial charge in [-0.1, -0.05) is 6.07 Å². The molecule has 58 valence electrons. The molecule has 0 spiro atoms. The molecular formula is C8H10N2S. The minimum absolute atomic E-state index is 0.755. The van der Waals surface area contributed by atoms with Gasteiger partial charge in [0, 0.05) is 11.4 Å². The smallest absolute Gasteiger partial charge is 0.179 e. The molecule has 1 aromatic rings. The lowest BCUT2D eigenvalue weighted by molar-refractivity contribution is 0.411. The molecule has 2 nitrogen and oxygen atoms in total. The van der Waals surface area contributed by atoms with Crippen LogP contribution in [0.3, 0.4) is 0 Å². The first-order chi connectivity index (χ1) is 5.36. The Morgan fingerprint density at radius 2 is 2.55 bits per heavy atom. The van der Waals surface area contributed by atoms with Crippen molar-refractivity contribution in [2.24, 2.45) is 0 Å². The van der Waals surface area contributed by atoms with Gasteiger partial charge in [-0.3, -0.25) is 0 Å². The predicted molar refractivity (Wildman–Crippen MR) is 46.0 cm³/mol. The van der Waals surface area contributed by atoms with Gasteiger partial charge in [-0.15, -0.1) is 11.3 Å². The molecule has 0 saturated carbocycles. The number of thiophene rings is 1. The molecule has 0 aliphatic heterocycles. The van der Waals surface area contributed by atoms with Crippen molar-refractivity contribution in [3.05, 3.63) is 22.4 Å². The summed E-state index contributed by atoms with van der Waals surface area (Å²) in [6, 6.07) is 4.05. The van der Waals surface area contributed by atoms with Gasteiger partial charge in [-0.2, -0.15) is 5.26 Å². The van der Waals surface area contributed by atoms with E-state index in [1.165, 1.54) is 4.88 Å². The summed E-state index contributed by atoms with van der Waals surface area (Å²) < 4.78 is 0. The van der Waals surface area contributed by atoms with Crippen molar-refractivity contribution >= 4 is 11.3 Å². The lowest BCUT2D eigenvalue weighted by Gasteiger charge is -2.09. The van der Waals surface area contributed by atoms with Gasteiger partial charge in [0.25, 0.3) is 0 Å². The average molecular weight is 166 g/mol. The lowest BCUT2D eigenvalue weighted by Crippen LogP contribution is -2.15. The molecule has 3 heteroatoms. The first-order valence-electron chi connectivity index (χ1n) is 3.54. The molecule has 11 heavy (non-hydrogen) atoms. The Morgan fingerprint density at radius 1 is 1.73 bits per heavy atom. The zero-order valence-electron chi connectivity index (χ0n) is 6.45. The van der Waals surface area contributed by atoms with Crippen LogP contribution in [0.4, 0.5) is 0 Å². The molecule has 1 rings (SSSR count). The van der Waals surface area contributed by atoms with Crippen molar-refractivity contribution < 1.29 is 0 Å². The topological polar surface area (TPSA) is 27.0 Å². The summed E-state index contributed by atoms with van der Waals surface area (Å²) in [5, 5.41) is 10.6. The zero-order chi connectivity index (χ0) is 8.10. The Hall–Kier alpha value is -1.01. The minimum atomic E-state index is 0.755. The standard InChI is InChI=1S/C8H10N2S/c1-2-10(7-9)6-8-4-3-5-11-8/h3-5H,2,6H2,1H3. The molecule has 0 aliphatic carbocycles. The van der Waals surface area contributed by atoms with Crippen LogP contribution in [-0.4, -0.2) is 11.4 Å². The number of hydrogen-bond donors (Lipinski definition) is 0. The summed E-state index contributed by atoms with van der Waals surface area (Å²) in [6.45, 7) is 3.52. The van der Waals surface area contributed by atoms with Gasteiger partial charge in [0.1, 0.15) is 0 Å². The Morgan fingerprint density at radius 3 is 3.00 bits per heavy atom. The van der Waals surface area contributed by atoms with E-state index in [1.54, 1.807) is 16.2 Å². The molecule has 1 aromatic heterocycles. The largest absolute Gasteiger partial charge is 0.306 e. The normalized spacial score (nSPS) is 9.09. The Balaban J connectivity index is 2.49. The molecule has 0 N–H and O–H groups in total. The number of hydrogen-bond acceptors (Lipinski definition) is 3. The number of rotatable bonds is 3. The summed E-state index contributed by atoms with van der Waals surface area (Å²) in [7, 11) is 0. The van der Waals surface area contributed by atoms with E-state index in [9.17, 15) is 0 Å². The van der Waals surface area contributed by atoms with Crippen LogP contribution < -0.4 is 0 Å². The van der Waals surface area contributed by atoms with E-state index in [2.05, 4.69) is 6.19 Å². The second-order valence-electron chi connectivity index (χ2n) is 2.19. The third-order valence-corrected chi connectivity index (χ3v) is 2.31. The first-order valence-corrected chi connectivity index (χ1v) is 4.42. The highest BCUT2D eigenvalue weighted by Gasteiger charge is 1.99. The maximum atomic E-state index is 8.61. The maximum absolute atomic E-state index is 8.61. The average Bonchev–Trinajstić information content (AvgIpc) is 2.52. The van der Waals surface area contributed by atoms with Crippen molar-refractivity contribution in [3.63, 3.8) is 0 Å². The van der Waals surface area contributed by atoms with Gasteiger partial charge < -0.3 is 4.90 Å². The van der Waals surface area contributed by atoms with Crippen molar-refractivity contribution in [1.29, 1.82) is 5.26 Å². The first kappa shape index (κ1) is 8.09. The van der Waals surface area contributed by atoms with Crippen LogP contribution in [0.1, 0.15) is 11.8 Å². The zero-order valence-corrected chi connectivity index (χ0v) is 7.27. The van der Waals surface area contributed by atoms with Crippen LogP contribution >= 0.6 is 11.3 Å². The monoisotopic (exact) mass is 166 g/mol. The molecule has 0 amide bonds. The Labute approximate surface area is 70.7 Å². The number of nitrogens with zero attached hydrogens (tertiary/aromatic N) is 2. The van der Waals surface area contributed by atoms with Gasteiger partial charge in [0.05, 0.1) is 6.54 Å². The maximum Gasteiger partial charge on any atom is 0.179 e. The van der Waals surface area contributed by atoms with Crippen LogP contribution in [0.5, 0.6) is 0 Å². The molecule has 0 fully saturated rings. The molecule has 0 atom stereocenters. The van der Waals surface area contributed by atoms with E-state index >= 15 is 0 Å². The van der Waals surface area contributed by atoms with E-state index < -0.39 is 0 Å². The predicted octanol–water partition coefficient (Wildman–Crippen LogP) is 2.05. The van der Waals surface area contributed by atoms with E-state index in [4.69, 9.17) is 5.26 Å². The highest BCUT2D eigenvalue weighted by atomic mass is 32.1. The number of nitriles is 1. The SMILES string of the molecule is CCN(C#N)Cc1cccs1. The van der Waals surface area contributed by atoms with Crippen molar-refractivity contribution in [1.82, 2.24) is 4.90 Å². The fourth-order valence-corrected chi connectivity index (χ4v) is 1.53. The van der Waals surface area contributed by atoms with Crippen LogP contribution in [0.15, 0.2) is 17.5 Å². The fourth-order valence-electron chi connectivity index (χ4n) is 0.809. The summed E-state index contributed by atoms with van der Waals surface area (Å²) in [6.07, 6.45) is 2.13. The van der Waals surface area contributed by atoms with E-state index in [1.807, 2.05) is 24.4 Å². The molecule has 0 aromatic carbocycles. The Bertz CT molecular complexity index is 235. The third kappa shape index (κ3) is 2.24. The van der Waals surface area contributed by atoms with Crippen LogP contribution in [0.25, 0.3) is 0 Å². The molecule has 0 bridgehead atoms. The van der Waals surface area contributed by atoms with Crippen molar-refractivity contribution in [2.45, 2.75) is 13.5 Å². The highest BCUT2D eigenvalue weighted by Crippen LogP contribution is 2.10. The second-order valence-corrected chi connectivity index (χ2v) is 3.23. The second kappa shape index (κ2) is 3.99. The Kier molecular flexibility index (Phi) is 2.94. The molecule has 0 radical (unpaired) electrons. The third-order valence-electron chi connectivity index (χ3n) is 1.45.